The lowest BCUT2D eigenvalue weighted by molar-refractivity contribution is 0.593. The molecule has 8 heteroatoms. The molecule has 0 spiro atoms. The minimum Gasteiger partial charge on any atom is -0.299 e. The van der Waals surface area contributed by atoms with Gasteiger partial charge in [0.2, 0.25) is 0 Å². The molecule has 0 atom stereocenters. The van der Waals surface area contributed by atoms with E-state index in [0.717, 1.165) is 10.4 Å². The van der Waals surface area contributed by atoms with Crippen LogP contribution in [-0.2, 0) is 16.1 Å². The highest BCUT2D eigenvalue weighted by molar-refractivity contribution is 8.13. The van der Waals surface area contributed by atoms with E-state index in [-0.39, 0.29) is 5.16 Å². The number of aryl methyl sites for hydroxylation is 2. The molecule has 92 valence electrons. The van der Waals surface area contributed by atoms with Gasteiger partial charge in [-0.15, -0.1) is 21.5 Å². The maximum atomic E-state index is 11.2. The van der Waals surface area contributed by atoms with Gasteiger partial charge in [-0.25, -0.2) is 8.42 Å². The van der Waals surface area contributed by atoms with E-state index in [0.29, 0.717) is 5.82 Å². The highest BCUT2D eigenvalue weighted by atomic mass is 35.7. The Balaban J connectivity index is 2.59. The number of rotatable bonds is 2. The Labute approximate surface area is 107 Å². The molecule has 0 bridgehead atoms. The molecule has 0 unspecified atom stereocenters. The third-order valence-corrected chi connectivity index (χ3v) is 4.79. The van der Waals surface area contributed by atoms with Crippen LogP contribution >= 0.6 is 22.0 Å². The molecule has 0 amide bonds. The van der Waals surface area contributed by atoms with Crippen LogP contribution in [0.2, 0.25) is 0 Å². The number of thiophene rings is 1. The van der Waals surface area contributed by atoms with Crippen LogP contribution < -0.4 is 0 Å². The Morgan fingerprint density at radius 2 is 2.00 bits per heavy atom. The van der Waals surface area contributed by atoms with Gasteiger partial charge >= 0.3 is 0 Å². The van der Waals surface area contributed by atoms with E-state index in [1.165, 1.54) is 9.44 Å². The molecular weight excluding hydrogens is 282 g/mol. The Morgan fingerprint density at radius 1 is 1.35 bits per heavy atom. The minimum absolute atomic E-state index is 0.238. The van der Waals surface area contributed by atoms with Gasteiger partial charge in [0.25, 0.3) is 14.2 Å². The Hall–Kier alpha value is -0.920. The Kier molecular flexibility index (Phi) is 3.01. The average Bonchev–Trinajstić information content (AvgIpc) is 2.70. The van der Waals surface area contributed by atoms with E-state index >= 15 is 0 Å². The van der Waals surface area contributed by atoms with Gasteiger partial charge in [0.15, 0.2) is 5.82 Å². The first kappa shape index (κ1) is 12.5. The fraction of sp³-hybridized carbons (Fsp3) is 0.333. The topological polar surface area (TPSA) is 64.8 Å². The summed E-state index contributed by atoms with van der Waals surface area (Å²) < 4.78 is 23.8. The third kappa shape index (κ3) is 2.22. The second-order valence-corrected chi connectivity index (χ2v) is 7.37. The summed E-state index contributed by atoms with van der Waals surface area (Å²) >= 11 is 1.54. The van der Waals surface area contributed by atoms with Crippen LogP contribution in [0.3, 0.4) is 0 Å². The normalized spacial score (nSPS) is 12.0. The predicted octanol–water partition coefficient (Wildman–Crippen LogP) is 2.09. The molecule has 2 aromatic heterocycles. The van der Waals surface area contributed by atoms with Gasteiger partial charge in [-0.05, 0) is 25.5 Å². The summed E-state index contributed by atoms with van der Waals surface area (Å²) in [5.74, 6) is 0.505. The standard InChI is InChI=1S/C9H10ClN3O2S2/c1-5-4-7(16-6(5)2)8-11-12-9(13(8)3)17(10,14)15/h4H,1-3H3. The lowest BCUT2D eigenvalue weighted by Gasteiger charge is -1.98. The van der Waals surface area contributed by atoms with Crippen molar-refractivity contribution in [1.29, 1.82) is 0 Å². The predicted molar refractivity (Wildman–Crippen MR) is 66.8 cm³/mol. The number of hydrogen-bond acceptors (Lipinski definition) is 5. The lowest BCUT2D eigenvalue weighted by atomic mass is 10.3. The molecule has 2 rings (SSSR count). The first-order valence-electron chi connectivity index (χ1n) is 4.72. The van der Waals surface area contributed by atoms with Crippen molar-refractivity contribution < 1.29 is 8.42 Å². The second kappa shape index (κ2) is 4.08. The molecule has 0 fully saturated rings. The van der Waals surface area contributed by atoms with E-state index in [9.17, 15) is 8.42 Å². The zero-order valence-corrected chi connectivity index (χ0v) is 11.8. The van der Waals surface area contributed by atoms with Crippen molar-refractivity contribution in [2.75, 3.05) is 0 Å². The first-order valence-corrected chi connectivity index (χ1v) is 7.84. The summed E-state index contributed by atoms with van der Waals surface area (Å²) in [5, 5.41) is 7.23. The maximum absolute atomic E-state index is 11.2. The molecule has 2 aromatic rings. The van der Waals surface area contributed by atoms with Gasteiger partial charge in [-0.1, -0.05) is 0 Å². The fourth-order valence-corrected chi connectivity index (χ4v) is 3.43. The van der Waals surface area contributed by atoms with Gasteiger partial charge in [0, 0.05) is 22.6 Å². The molecule has 5 nitrogen and oxygen atoms in total. The summed E-state index contributed by atoms with van der Waals surface area (Å²) in [7, 11) is 2.97. The molecule has 0 aliphatic carbocycles. The number of halogens is 1. The van der Waals surface area contributed by atoms with Crippen molar-refractivity contribution in [3.05, 3.63) is 16.5 Å². The largest absolute Gasteiger partial charge is 0.299 e. The van der Waals surface area contributed by atoms with Gasteiger partial charge < -0.3 is 0 Å². The zero-order valence-electron chi connectivity index (χ0n) is 9.43. The fourth-order valence-electron chi connectivity index (χ4n) is 1.43. The molecule has 2 heterocycles. The molecule has 0 aliphatic rings. The van der Waals surface area contributed by atoms with E-state index in [2.05, 4.69) is 10.2 Å². The van der Waals surface area contributed by atoms with Gasteiger partial charge in [0.1, 0.15) is 0 Å². The summed E-state index contributed by atoms with van der Waals surface area (Å²) in [6.07, 6.45) is 0. The molecular formula is C9H10ClN3O2S2. The Morgan fingerprint density at radius 3 is 2.41 bits per heavy atom. The van der Waals surface area contributed by atoms with Crippen LogP contribution in [0.15, 0.2) is 11.2 Å². The lowest BCUT2D eigenvalue weighted by Crippen LogP contribution is -2.02. The van der Waals surface area contributed by atoms with E-state index in [1.54, 1.807) is 18.4 Å². The molecule has 0 saturated heterocycles. The van der Waals surface area contributed by atoms with Crippen molar-refractivity contribution in [3.63, 3.8) is 0 Å². The number of nitrogens with zero attached hydrogens (tertiary/aromatic N) is 3. The van der Waals surface area contributed by atoms with Crippen LogP contribution in [0, 0.1) is 13.8 Å². The highest BCUT2D eigenvalue weighted by Gasteiger charge is 2.21. The van der Waals surface area contributed by atoms with Crippen LogP contribution in [0.25, 0.3) is 10.7 Å². The smallest absolute Gasteiger partial charge is 0.296 e. The molecule has 0 N–H and O–H groups in total. The van der Waals surface area contributed by atoms with Crippen molar-refractivity contribution in [2.24, 2.45) is 7.05 Å². The van der Waals surface area contributed by atoms with Crippen molar-refractivity contribution in [1.82, 2.24) is 14.8 Å². The molecule has 0 aliphatic heterocycles. The Bertz CT molecular complexity index is 653. The first-order chi connectivity index (χ1) is 7.80. The molecule has 0 saturated carbocycles. The van der Waals surface area contributed by atoms with Gasteiger partial charge in [-0.2, -0.15) is 0 Å². The summed E-state index contributed by atoms with van der Waals surface area (Å²) in [6, 6.07) is 1.95. The van der Waals surface area contributed by atoms with Gasteiger partial charge in [0.05, 0.1) is 4.88 Å². The molecule has 0 radical (unpaired) electrons. The van der Waals surface area contributed by atoms with Crippen LogP contribution in [0.1, 0.15) is 10.4 Å². The van der Waals surface area contributed by atoms with E-state index in [4.69, 9.17) is 10.7 Å². The number of aromatic nitrogens is 3. The van der Waals surface area contributed by atoms with Crippen LogP contribution in [0.4, 0.5) is 0 Å². The van der Waals surface area contributed by atoms with Crippen LogP contribution in [-0.4, -0.2) is 23.2 Å². The number of hydrogen-bond donors (Lipinski definition) is 0. The third-order valence-electron chi connectivity index (χ3n) is 2.44. The summed E-state index contributed by atoms with van der Waals surface area (Å²) in [6.45, 7) is 3.99. The van der Waals surface area contributed by atoms with E-state index in [1.807, 2.05) is 19.9 Å². The average molecular weight is 292 g/mol. The summed E-state index contributed by atoms with van der Waals surface area (Å²) in [5.41, 5.74) is 1.14. The minimum atomic E-state index is -3.86. The second-order valence-electron chi connectivity index (χ2n) is 3.65. The SMILES string of the molecule is Cc1cc(-c2nnc(S(=O)(=O)Cl)n2C)sc1C. The zero-order chi connectivity index (χ0) is 12.8. The van der Waals surface area contributed by atoms with Crippen molar-refractivity contribution in [3.8, 4) is 10.7 Å². The van der Waals surface area contributed by atoms with Crippen molar-refractivity contribution in [2.45, 2.75) is 19.0 Å². The molecule has 0 aromatic carbocycles. The highest BCUT2D eigenvalue weighted by Crippen LogP contribution is 2.30. The monoisotopic (exact) mass is 291 g/mol. The quantitative estimate of drug-likeness (QED) is 0.795. The maximum Gasteiger partial charge on any atom is 0.296 e. The van der Waals surface area contributed by atoms with Crippen LogP contribution in [0.5, 0.6) is 0 Å². The van der Waals surface area contributed by atoms with Crippen molar-refractivity contribution >= 4 is 31.1 Å². The van der Waals surface area contributed by atoms with Gasteiger partial charge in [-0.3, -0.25) is 4.57 Å². The molecule has 17 heavy (non-hydrogen) atoms. The van der Waals surface area contributed by atoms with E-state index < -0.39 is 9.05 Å². The summed E-state index contributed by atoms with van der Waals surface area (Å²) in [4.78, 5) is 2.04.